The minimum absolute atomic E-state index is 0.0290. The van der Waals surface area contributed by atoms with Crippen molar-refractivity contribution in [3.05, 3.63) is 361 Å². The standard InChI is InChI=1S/2C33H35N2OSi.C31H31N2OSi.C28H23N2O/c1-20(2)26-19-28(35(6)22(4)33(26)37(7,8)9)29-21(3)15-16-24-25-17-18-27(34-5)30(32(25)36-31(24)29)23-13-11-10-12-14-23;1-20(2)29-22(4)35(6)27(19-28(29)37(7,8)9)30-21(3)15-16-24-25-17-18-26(34-5)31(33(25)36-32(24)30)23-13-11-10-12-14-23;1-19-14-15-23-24-16-17-25(32-4)28(22-12-10-9-11-13-22)30(24)34-29(23)27(19)26-18-20(2)31(35(6,7)8)21(3)33(26)5;1-17-10-9-15-30(5)26(17)24-19(3)16-18(2)23-21-13-14-22(29-4)25(27(21)31-28(23)24)20-11-7-6-8-12-20/h2*10-20H,1-4,6-9H3;9-18H,1-3,5-8H3;6-16H,1-3,5H3/q4*+1/i2*10D,11D,12D,13D,14D;9D,10D,11D,12D,13D;. The van der Waals surface area contributed by atoms with Crippen LogP contribution in [0.3, 0.4) is 0 Å². The van der Waals surface area contributed by atoms with E-state index in [1.54, 1.807) is 18.2 Å². The molecule has 0 unspecified atom stereocenters. The molecule has 0 radical (unpaired) electrons. The lowest BCUT2D eigenvalue weighted by molar-refractivity contribution is -0.667. The Kier molecular flexibility index (Phi) is 21.3. The molecule has 0 spiro atoms. The number of benzene rings is 12. The van der Waals surface area contributed by atoms with E-state index < -0.39 is 78.6 Å². The lowest BCUT2D eigenvalue weighted by atomic mass is 9.94. The zero-order chi connectivity index (χ0) is 113. The van der Waals surface area contributed by atoms with Crippen LogP contribution in [0.1, 0.15) is 127 Å². The molecule has 0 saturated carbocycles. The first kappa shape index (κ1) is 79.0. The summed E-state index contributed by atoms with van der Waals surface area (Å²) in [6.07, 6.45) is 2.07. The van der Waals surface area contributed by atoms with Crippen LogP contribution in [0.4, 0.5) is 22.7 Å². The zero-order valence-electron chi connectivity index (χ0n) is 99.9. The van der Waals surface area contributed by atoms with Gasteiger partial charge < -0.3 is 17.7 Å². The Morgan fingerprint density at radius 3 is 1.03 bits per heavy atom. The highest BCUT2D eigenvalue weighted by Crippen LogP contribution is 2.51. The fourth-order valence-corrected chi connectivity index (χ4v) is 28.0. The van der Waals surface area contributed by atoms with E-state index >= 15 is 0 Å². The molecule has 8 heterocycles. The molecule has 20 aromatic rings. The number of furan rings is 4. The number of aryl methyl sites for hydroxylation is 8. The zero-order valence-corrected chi connectivity index (χ0v) is 87.9. The lowest BCUT2D eigenvalue weighted by Gasteiger charge is -2.24. The average molecular weight is 1900 g/mol. The van der Waals surface area contributed by atoms with Gasteiger partial charge in [-0.25, -0.2) is 23.9 Å². The molecule has 8 aromatic heterocycles. The minimum Gasteiger partial charge on any atom is -0.456 e. The number of aromatic nitrogens is 4. The quantitative estimate of drug-likeness (QED) is 0.0654. The van der Waals surface area contributed by atoms with E-state index in [9.17, 15) is 0 Å². The number of pyridine rings is 4. The highest BCUT2D eigenvalue weighted by Gasteiger charge is 2.38. The average Bonchev–Trinajstić information content (AvgIpc) is 1.61. The largest absolute Gasteiger partial charge is 0.456 e. The Morgan fingerprint density at radius 2 is 0.650 bits per heavy atom. The summed E-state index contributed by atoms with van der Waals surface area (Å²) in [4.78, 5) is 14.8. The van der Waals surface area contributed by atoms with Gasteiger partial charge in [-0.2, -0.15) is 13.7 Å². The van der Waals surface area contributed by atoms with Crippen molar-refractivity contribution in [2.24, 2.45) is 28.2 Å². The van der Waals surface area contributed by atoms with Crippen LogP contribution in [0.25, 0.3) is 197 Å². The fraction of sp³-hybridized carbons (Fsp3) is 0.232. The smallest absolute Gasteiger partial charge is 0.219 e. The summed E-state index contributed by atoms with van der Waals surface area (Å²) < 4.78 is 161. The van der Waals surface area contributed by atoms with E-state index in [1.165, 1.54) is 66.0 Å². The second kappa shape index (κ2) is 37.8. The molecule has 0 N–H and O–H groups in total. The maximum Gasteiger partial charge on any atom is 0.219 e. The fourth-order valence-electron chi connectivity index (χ4n) is 21.2. The minimum atomic E-state index is -1.74. The summed E-state index contributed by atoms with van der Waals surface area (Å²) in [5.74, 6) is 0.708. The number of nitrogens with zero attached hydrogens (tertiary/aromatic N) is 8. The molecule has 15 heteroatoms. The van der Waals surface area contributed by atoms with Crippen molar-refractivity contribution < 1.29 is 56.5 Å². The number of fused-ring (bicyclic) bond motifs is 12. The SMILES string of the molecule is [2H]c1c([2H])c([2H])c(-c2c([N+]#[C-])ccc3c2oc2c(-c4cc(C(C)C)c([Si](C)(C)C)c(C)[n+]4C)c(C)ccc23)c([2H])c1[2H].[2H]c1c([2H])c([2H])c(-c2c([N+]#[C-])ccc3c2oc2c(-c4cc(C)c([Si](C)(C)C)c(C)[n+]4C)c(C)ccc23)c([2H])c1[2H].[2H]c1c([2H])c([2H])c(-c2c([N+]#[C-])ccc3c2oc2c(-c4cc([Si](C)(C)C)c(C(C)C)c(C)[n+]4C)c(C)ccc23)c([2H])c1[2H].[C-]#[N+]c1ccc2c(oc3c(-c4c(C)ccc[n+]4C)c(C)cc(C)c32)c1-c1ccccc1. The van der Waals surface area contributed by atoms with Gasteiger partial charge in [-0.15, -0.1) is 0 Å². The molecular formula is C125H124N8O4Si3+4. The van der Waals surface area contributed by atoms with Gasteiger partial charge >= 0.3 is 0 Å². The first-order valence-corrected chi connectivity index (χ1v) is 57.7. The molecular weight excluding hydrogens is 1760 g/mol. The third-order valence-electron chi connectivity index (χ3n) is 27.6. The van der Waals surface area contributed by atoms with Gasteiger partial charge in [0.2, 0.25) is 22.8 Å². The van der Waals surface area contributed by atoms with Crippen LogP contribution in [0.15, 0.2) is 266 Å². The van der Waals surface area contributed by atoms with Crippen molar-refractivity contribution in [1.29, 1.82) is 0 Å². The van der Waals surface area contributed by atoms with Crippen LogP contribution in [-0.2, 0) is 28.2 Å². The van der Waals surface area contributed by atoms with Gasteiger partial charge in [0.1, 0.15) is 72.9 Å². The normalized spacial score (nSPS) is 13.3. The maximum absolute atomic E-state index is 8.64. The second-order valence-corrected chi connectivity index (χ2v) is 55.5. The highest BCUT2D eigenvalue weighted by atomic mass is 28.3. The molecule has 0 atom stereocenters. The molecule has 0 fully saturated rings. The van der Waals surface area contributed by atoms with Crippen LogP contribution in [-0.4, -0.2) is 24.2 Å². The first-order valence-electron chi connectivity index (χ1n) is 54.7. The monoisotopic (exact) mass is 1900 g/mol. The predicted octanol–water partition coefficient (Wildman–Crippen LogP) is 32.1. The van der Waals surface area contributed by atoms with Crippen molar-refractivity contribution in [1.82, 2.24) is 0 Å². The summed E-state index contributed by atoms with van der Waals surface area (Å²) in [5.41, 5.74) is 30.6. The number of hydrogen-bond acceptors (Lipinski definition) is 4. The van der Waals surface area contributed by atoms with Gasteiger partial charge in [0.05, 0.1) is 93.3 Å². The molecule has 0 aliphatic rings. The van der Waals surface area contributed by atoms with Crippen molar-refractivity contribution in [2.75, 3.05) is 0 Å². The van der Waals surface area contributed by atoms with E-state index in [1.807, 2.05) is 85.8 Å². The first-order chi connectivity index (χ1) is 72.9. The van der Waals surface area contributed by atoms with Crippen LogP contribution >= 0.6 is 0 Å². The van der Waals surface area contributed by atoms with Crippen LogP contribution in [0.2, 0.25) is 58.9 Å². The van der Waals surface area contributed by atoms with Crippen molar-refractivity contribution in [3.8, 4) is 89.5 Å². The summed E-state index contributed by atoms with van der Waals surface area (Å²) in [6.45, 7) is 82.8. The molecule has 0 saturated heterocycles. The van der Waals surface area contributed by atoms with Crippen molar-refractivity contribution in [3.63, 3.8) is 0 Å². The third-order valence-corrected chi connectivity index (χ3v) is 34.0. The van der Waals surface area contributed by atoms with E-state index in [2.05, 4.69) is 276 Å². The van der Waals surface area contributed by atoms with Gasteiger partial charge in [-0.05, 0) is 133 Å². The highest BCUT2D eigenvalue weighted by molar-refractivity contribution is 6.90. The summed E-state index contributed by atoms with van der Waals surface area (Å²) >= 11 is 0. The molecule has 12 nitrogen and oxygen atoms in total. The van der Waals surface area contributed by atoms with E-state index in [0.717, 1.165) is 127 Å². The van der Waals surface area contributed by atoms with Crippen LogP contribution in [0, 0.1) is 95.5 Å². The molecule has 140 heavy (non-hydrogen) atoms. The number of rotatable bonds is 13. The van der Waals surface area contributed by atoms with Gasteiger partial charge in [0.25, 0.3) is 0 Å². The summed E-state index contributed by atoms with van der Waals surface area (Å²) in [6, 6.07) is 43.6. The van der Waals surface area contributed by atoms with Crippen molar-refractivity contribution >= 4 is 150 Å². The lowest BCUT2D eigenvalue weighted by Crippen LogP contribution is -2.51. The number of hydrogen-bond donors (Lipinski definition) is 0. The van der Waals surface area contributed by atoms with Crippen molar-refractivity contribution in [2.45, 2.75) is 168 Å². The van der Waals surface area contributed by atoms with E-state index in [0.29, 0.717) is 51.0 Å². The molecule has 12 aromatic carbocycles. The molecule has 0 aliphatic carbocycles. The Morgan fingerprint density at radius 1 is 0.300 bits per heavy atom. The summed E-state index contributed by atoms with van der Waals surface area (Å²) in [7, 11) is 3.31. The summed E-state index contributed by atoms with van der Waals surface area (Å²) in [5, 5.41) is 11.2. The van der Waals surface area contributed by atoms with Gasteiger partial charge in [0, 0.05) is 132 Å². The van der Waals surface area contributed by atoms with Crippen LogP contribution in [0.5, 0.6) is 0 Å². The molecule has 696 valence electrons. The van der Waals surface area contributed by atoms with E-state index in [-0.39, 0.29) is 86.7 Å². The Balaban J connectivity index is 0.000000141. The Labute approximate surface area is 848 Å². The second-order valence-electron chi connectivity index (χ2n) is 40.5. The predicted molar refractivity (Wildman–Crippen MR) is 593 cm³/mol. The van der Waals surface area contributed by atoms with Gasteiger partial charge in [0.15, 0.2) is 46.0 Å². The Bertz CT molecular complexity index is 9540. The van der Waals surface area contributed by atoms with E-state index in [4.69, 9.17) is 64.5 Å². The van der Waals surface area contributed by atoms with Crippen LogP contribution < -0.4 is 33.8 Å². The molecule has 0 aliphatic heterocycles. The van der Waals surface area contributed by atoms with Gasteiger partial charge in [-0.3, -0.25) is 0 Å². The Hall–Kier alpha value is -14.9. The van der Waals surface area contributed by atoms with Gasteiger partial charge in [-0.1, -0.05) is 299 Å². The third kappa shape index (κ3) is 17.0. The molecule has 0 bridgehead atoms. The topological polar surface area (TPSA) is 85.5 Å². The molecule has 20 rings (SSSR count). The molecule has 0 amide bonds. The maximum atomic E-state index is 8.64.